The molecule has 1 aromatic rings. The fourth-order valence-corrected chi connectivity index (χ4v) is 1.07. The van der Waals surface area contributed by atoms with Gasteiger partial charge in [-0.2, -0.15) is 0 Å². The van der Waals surface area contributed by atoms with Crippen LogP contribution in [0.4, 0.5) is 0 Å². The molecule has 2 rings (SSSR count). The van der Waals surface area contributed by atoms with Gasteiger partial charge in [0.05, 0.1) is 6.85 Å². The second-order valence-electron chi connectivity index (χ2n) is 2.42. The Labute approximate surface area is 87.3 Å². The van der Waals surface area contributed by atoms with Crippen LogP contribution >= 0.6 is 0 Å². The molecule has 0 saturated carbocycles. The lowest BCUT2D eigenvalue weighted by Gasteiger charge is -2.18. The highest BCUT2D eigenvalue weighted by molar-refractivity contribution is 5.14. The molecule has 1 aliphatic rings. The molecule has 2 heterocycles. The maximum absolute atomic E-state index is 8.44. The van der Waals surface area contributed by atoms with Crippen LogP contribution in [0.15, 0.2) is 24.4 Å². The molecule has 1 aliphatic heterocycles. The fourth-order valence-electron chi connectivity index (χ4n) is 1.07. The molecular formula is C10H14N2. The van der Waals surface area contributed by atoms with Gasteiger partial charge in [-0.25, -0.2) is 0 Å². The molecular weight excluding hydrogens is 148 g/mol. The standard InChI is InChI=1S/C10H14N2/c1-12-7-3-5-10(12)9-4-2-6-11-8-9/h2,4,6,8,10H,3,5,7H2,1H3/t10-/m0/s1/i1D3,2D,3D2,4D,6D,8D,10D. The fraction of sp³-hybridized carbons (Fsp3) is 0.500. The molecule has 64 valence electrons. The third-order valence-corrected chi connectivity index (χ3v) is 1.64. The minimum atomic E-state index is -2.80. The minimum Gasteiger partial charge on any atom is -0.299 e. The van der Waals surface area contributed by atoms with Crippen LogP contribution in [-0.2, 0) is 0 Å². The Morgan fingerprint density at radius 1 is 2.00 bits per heavy atom. The van der Waals surface area contributed by atoms with Crippen LogP contribution in [0.2, 0.25) is 0 Å². The summed E-state index contributed by atoms with van der Waals surface area (Å²) >= 11 is 0. The van der Waals surface area contributed by atoms with Crippen LogP contribution in [0.5, 0.6) is 0 Å². The number of aromatic nitrogens is 1. The number of pyridine rings is 1. The van der Waals surface area contributed by atoms with Gasteiger partial charge in [0.2, 0.25) is 0 Å². The van der Waals surface area contributed by atoms with Crippen molar-refractivity contribution in [2.45, 2.75) is 18.8 Å². The lowest BCUT2D eigenvalue weighted by molar-refractivity contribution is 0.317. The summed E-state index contributed by atoms with van der Waals surface area (Å²) in [5.41, 5.74) is -0.453. The van der Waals surface area contributed by atoms with E-state index in [4.69, 9.17) is 13.7 Å². The Morgan fingerprint density at radius 2 is 3.00 bits per heavy atom. The van der Waals surface area contributed by atoms with Gasteiger partial charge in [-0.3, -0.25) is 9.88 Å². The summed E-state index contributed by atoms with van der Waals surface area (Å²) in [7, 11) is 0. The lowest BCUT2D eigenvalue weighted by Crippen LogP contribution is -2.17. The van der Waals surface area contributed by atoms with Gasteiger partial charge in [-0.1, -0.05) is 6.04 Å². The molecule has 0 radical (unpaired) electrons. The van der Waals surface area contributed by atoms with E-state index in [1.807, 2.05) is 0 Å². The smallest absolute Gasteiger partial charge is 0.0843 e. The largest absolute Gasteiger partial charge is 0.299 e. The first kappa shape index (κ1) is 2.32. The first-order valence-corrected chi connectivity index (χ1v) is 3.52. The summed E-state index contributed by atoms with van der Waals surface area (Å²) < 4.78 is 77.1. The zero-order valence-corrected chi connectivity index (χ0v) is 6.31. The van der Waals surface area contributed by atoms with Crippen molar-refractivity contribution < 1.29 is 13.7 Å². The summed E-state index contributed by atoms with van der Waals surface area (Å²) in [5.74, 6) is 0. The van der Waals surface area contributed by atoms with E-state index < -0.39 is 62.3 Å². The lowest BCUT2D eigenvalue weighted by atomic mass is 10.1. The zero-order valence-electron chi connectivity index (χ0n) is 16.3. The highest BCUT2D eigenvalue weighted by atomic mass is 15.1. The van der Waals surface area contributed by atoms with E-state index in [1.165, 1.54) is 0 Å². The molecule has 1 fully saturated rings. The summed E-state index contributed by atoms with van der Waals surface area (Å²) in [6, 6.07) is -3.46. The van der Waals surface area contributed by atoms with Crippen molar-refractivity contribution in [2.75, 3.05) is 13.5 Å². The third kappa shape index (κ3) is 1.34. The SMILES string of the molecule is [2H]c1nc([2H])c([C@]2([2H])CC([2H])([2H])CN2C([2H])([2H])[2H])c([2H])c1[2H]. The number of hydrogen-bond acceptors (Lipinski definition) is 2. The van der Waals surface area contributed by atoms with Crippen LogP contribution in [0.25, 0.3) is 0 Å². The Kier molecular flexibility index (Phi) is 0.626. The number of likely N-dealkylation sites (tertiary alicyclic amines) is 1. The van der Waals surface area contributed by atoms with Crippen LogP contribution in [0, 0.1) is 0 Å². The van der Waals surface area contributed by atoms with Crippen molar-refractivity contribution in [3.63, 3.8) is 0 Å². The second-order valence-corrected chi connectivity index (χ2v) is 2.42. The molecule has 0 aromatic carbocycles. The molecule has 0 bridgehead atoms. The number of rotatable bonds is 1. The summed E-state index contributed by atoms with van der Waals surface area (Å²) in [6.07, 6.45) is -3.80. The second kappa shape index (κ2) is 3.23. The normalized spacial score (nSPS) is 48.0. The van der Waals surface area contributed by atoms with Gasteiger partial charge in [0.1, 0.15) is 0 Å². The van der Waals surface area contributed by atoms with Crippen molar-refractivity contribution >= 4 is 0 Å². The molecule has 2 heteroatoms. The average molecular weight is 172 g/mol. The zero-order chi connectivity index (χ0) is 17.1. The highest BCUT2D eigenvalue weighted by Crippen LogP contribution is 2.29. The van der Waals surface area contributed by atoms with E-state index in [-0.39, 0.29) is 0 Å². The van der Waals surface area contributed by atoms with E-state index in [9.17, 15) is 0 Å². The molecule has 0 spiro atoms. The number of hydrogen-bond donors (Lipinski definition) is 0. The van der Waals surface area contributed by atoms with Crippen molar-refractivity contribution in [1.29, 1.82) is 0 Å². The van der Waals surface area contributed by atoms with Crippen LogP contribution in [0.3, 0.4) is 0 Å². The molecule has 2 nitrogen and oxygen atoms in total. The maximum atomic E-state index is 8.44. The summed E-state index contributed by atoms with van der Waals surface area (Å²) in [6.45, 7) is -3.35. The molecule has 1 saturated heterocycles. The third-order valence-electron chi connectivity index (χ3n) is 1.64. The van der Waals surface area contributed by atoms with Gasteiger partial charge >= 0.3 is 0 Å². The van der Waals surface area contributed by atoms with E-state index in [1.54, 1.807) is 0 Å². The molecule has 1 atom stereocenters. The Hall–Kier alpha value is -0.890. The van der Waals surface area contributed by atoms with Gasteiger partial charge in [0.25, 0.3) is 0 Å². The van der Waals surface area contributed by atoms with Crippen molar-refractivity contribution in [1.82, 2.24) is 9.88 Å². The van der Waals surface area contributed by atoms with E-state index in [0.717, 1.165) is 0 Å². The predicted octanol–water partition coefficient (Wildman–Crippen LogP) is 1.85. The Morgan fingerprint density at radius 3 is 3.92 bits per heavy atom. The van der Waals surface area contributed by atoms with Crippen molar-refractivity contribution in [3.05, 3.63) is 30.0 Å². The maximum Gasteiger partial charge on any atom is 0.0843 e. The van der Waals surface area contributed by atoms with E-state index in [2.05, 4.69) is 4.98 Å². The van der Waals surface area contributed by atoms with Crippen molar-refractivity contribution in [3.8, 4) is 0 Å². The van der Waals surface area contributed by atoms with Gasteiger partial charge in [0.15, 0.2) is 0 Å². The molecule has 0 N–H and O–H groups in total. The van der Waals surface area contributed by atoms with Gasteiger partial charge < -0.3 is 0 Å². The first-order valence-electron chi connectivity index (χ1n) is 8.52. The molecule has 0 amide bonds. The topological polar surface area (TPSA) is 16.1 Å². The quantitative estimate of drug-likeness (QED) is 0.642. The van der Waals surface area contributed by atoms with Crippen LogP contribution < -0.4 is 0 Å². The summed E-state index contributed by atoms with van der Waals surface area (Å²) in [5, 5.41) is 0. The molecule has 1 aromatic heterocycles. The van der Waals surface area contributed by atoms with Gasteiger partial charge in [-0.15, -0.1) is 0 Å². The molecule has 12 heavy (non-hydrogen) atoms. The molecule has 0 aliphatic carbocycles. The first-order chi connectivity index (χ1) is 9.79. The number of nitrogens with zero attached hydrogens (tertiary/aromatic N) is 2. The van der Waals surface area contributed by atoms with E-state index >= 15 is 0 Å². The Balaban J connectivity index is 2.70. The summed E-state index contributed by atoms with van der Waals surface area (Å²) in [4.78, 5) is 4.07. The highest BCUT2D eigenvalue weighted by Gasteiger charge is 2.21. The monoisotopic (exact) mass is 172 g/mol. The van der Waals surface area contributed by atoms with Crippen LogP contribution in [-0.4, -0.2) is 23.4 Å². The predicted molar refractivity (Wildman–Crippen MR) is 48.8 cm³/mol. The molecule has 0 unspecified atom stereocenters. The van der Waals surface area contributed by atoms with Gasteiger partial charge in [0, 0.05) is 25.2 Å². The minimum absolute atomic E-state index is 0.453. The van der Waals surface area contributed by atoms with Crippen molar-refractivity contribution in [2.24, 2.45) is 0 Å². The Bertz CT molecular complexity index is 613. The average Bonchev–Trinajstić information content (AvgIpc) is 2.56. The van der Waals surface area contributed by atoms with E-state index in [0.29, 0.717) is 4.90 Å². The van der Waals surface area contributed by atoms with Crippen LogP contribution in [0.1, 0.15) is 38.1 Å². The van der Waals surface area contributed by atoms with Gasteiger partial charge in [-0.05, 0) is 37.9 Å².